The molecule has 1 rings (SSSR count). The summed E-state index contributed by atoms with van der Waals surface area (Å²) in [6.45, 7) is 3.45. The zero-order valence-corrected chi connectivity index (χ0v) is 9.10. The molecule has 0 heterocycles. The molecule has 0 aromatic heterocycles. The number of hydrogen-bond donors (Lipinski definition) is 1. The van der Waals surface area contributed by atoms with Gasteiger partial charge in [0.15, 0.2) is 0 Å². The predicted molar refractivity (Wildman–Crippen MR) is 57.8 cm³/mol. The fourth-order valence-electron chi connectivity index (χ4n) is 1.60. The average molecular weight is 247 g/mol. The average Bonchev–Trinajstić information content (AvgIpc) is 2.24. The van der Waals surface area contributed by atoms with Crippen LogP contribution in [0.4, 0.5) is 17.6 Å². The number of alkyl halides is 3. The second-order valence-electron chi connectivity index (χ2n) is 3.67. The second kappa shape index (κ2) is 5.31. The van der Waals surface area contributed by atoms with Gasteiger partial charge in [-0.15, -0.1) is 6.58 Å². The molecule has 2 N–H and O–H groups in total. The lowest BCUT2D eigenvalue weighted by molar-refractivity contribution is -0.138. The number of rotatable bonds is 4. The normalized spacial score (nSPS) is 13.5. The third-order valence-corrected chi connectivity index (χ3v) is 2.41. The van der Waals surface area contributed by atoms with Gasteiger partial charge < -0.3 is 5.73 Å². The van der Waals surface area contributed by atoms with Crippen LogP contribution in [0.1, 0.15) is 30.0 Å². The molecule has 0 saturated heterocycles. The van der Waals surface area contributed by atoms with Crippen molar-refractivity contribution >= 4 is 0 Å². The topological polar surface area (TPSA) is 26.0 Å². The Kier molecular flexibility index (Phi) is 4.28. The molecule has 0 aliphatic carbocycles. The van der Waals surface area contributed by atoms with E-state index in [9.17, 15) is 17.6 Å². The van der Waals surface area contributed by atoms with Gasteiger partial charge in [-0.3, -0.25) is 0 Å². The Hall–Kier alpha value is -1.36. The smallest absolute Gasteiger partial charge is 0.324 e. The lowest BCUT2D eigenvalue weighted by atomic mass is 9.96. The summed E-state index contributed by atoms with van der Waals surface area (Å²) >= 11 is 0. The Labute approximate surface area is 96.9 Å². The van der Waals surface area contributed by atoms with Gasteiger partial charge >= 0.3 is 6.18 Å². The summed E-state index contributed by atoms with van der Waals surface area (Å²) in [6, 6.07) is 1.87. The van der Waals surface area contributed by atoms with E-state index in [1.807, 2.05) is 0 Å². The summed E-state index contributed by atoms with van der Waals surface area (Å²) in [6.07, 6.45) is -2.39. The standard InChI is InChI=1S/C12H13F4N/c1-2-3-7-10(17)11-8(12(14,15)16)5-4-6-9(11)13/h2,4-6,10H,1,3,7,17H2/t10-/m1/s1. The first-order valence-electron chi connectivity index (χ1n) is 5.10. The van der Waals surface area contributed by atoms with Crippen LogP contribution in [0.3, 0.4) is 0 Å². The fourth-order valence-corrected chi connectivity index (χ4v) is 1.60. The van der Waals surface area contributed by atoms with Crippen molar-refractivity contribution in [2.45, 2.75) is 25.1 Å². The van der Waals surface area contributed by atoms with Gasteiger partial charge in [0, 0.05) is 11.6 Å². The highest BCUT2D eigenvalue weighted by molar-refractivity contribution is 5.33. The van der Waals surface area contributed by atoms with Crippen LogP contribution in [0.25, 0.3) is 0 Å². The van der Waals surface area contributed by atoms with E-state index < -0.39 is 29.2 Å². The van der Waals surface area contributed by atoms with Crippen molar-refractivity contribution in [3.63, 3.8) is 0 Å². The lowest BCUT2D eigenvalue weighted by Gasteiger charge is -2.18. The number of benzene rings is 1. The van der Waals surface area contributed by atoms with Gasteiger partial charge in [-0.2, -0.15) is 13.2 Å². The van der Waals surface area contributed by atoms with E-state index in [1.165, 1.54) is 6.08 Å². The maximum atomic E-state index is 13.5. The molecule has 5 heteroatoms. The van der Waals surface area contributed by atoms with Gasteiger partial charge in [0.2, 0.25) is 0 Å². The van der Waals surface area contributed by atoms with Gasteiger partial charge in [0.1, 0.15) is 5.82 Å². The van der Waals surface area contributed by atoms with Crippen LogP contribution in [0.5, 0.6) is 0 Å². The van der Waals surface area contributed by atoms with E-state index in [0.717, 1.165) is 18.2 Å². The summed E-state index contributed by atoms with van der Waals surface area (Å²) in [5.41, 5.74) is 4.12. The van der Waals surface area contributed by atoms with E-state index in [-0.39, 0.29) is 6.42 Å². The van der Waals surface area contributed by atoms with E-state index in [2.05, 4.69) is 6.58 Å². The first-order chi connectivity index (χ1) is 7.88. The van der Waals surface area contributed by atoms with Crippen molar-refractivity contribution in [3.05, 3.63) is 47.8 Å². The van der Waals surface area contributed by atoms with Crippen LogP contribution < -0.4 is 5.73 Å². The summed E-state index contributed by atoms with van der Waals surface area (Å²) in [5, 5.41) is 0. The minimum atomic E-state index is -4.59. The Morgan fingerprint density at radius 3 is 2.53 bits per heavy atom. The van der Waals surface area contributed by atoms with Crippen LogP contribution in [0.15, 0.2) is 30.9 Å². The molecule has 0 aliphatic rings. The van der Waals surface area contributed by atoms with Crippen LogP contribution in [-0.2, 0) is 6.18 Å². The molecule has 0 bridgehead atoms. The van der Waals surface area contributed by atoms with Crippen molar-refractivity contribution in [3.8, 4) is 0 Å². The molecule has 0 fully saturated rings. The minimum absolute atomic E-state index is 0.230. The lowest BCUT2D eigenvalue weighted by Crippen LogP contribution is -2.19. The monoisotopic (exact) mass is 247 g/mol. The molecule has 94 valence electrons. The van der Waals surface area contributed by atoms with Gasteiger partial charge in [-0.05, 0) is 25.0 Å². The first kappa shape index (κ1) is 13.7. The number of nitrogens with two attached hydrogens (primary N) is 1. The predicted octanol–water partition coefficient (Wildman–Crippen LogP) is 3.81. The van der Waals surface area contributed by atoms with Gasteiger partial charge in [0.25, 0.3) is 0 Å². The highest BCUT2D eigenvalue weighted by Gasteiger charge is 2.35. The molecule has 0 amide bonds. The molecule has 0 aliphatic heterocycles. The summed E-state index contributed by atoms with van der Waals surface area (Å²) in [5.74, 6) is -0.920. The molecule has 1 nitrogen and oxygen atoms in total. The molecule has 1 aromatic rings. The highest BCUT2D eigenvalue weighted by atomic mass is 19.4. The maximum Gasteiger partial charge on any atom is 0.416 e. The fraction of sp³-hybridized carbons (Fsp3) is 0.333. The first-order valence-corrected chi connectivity index (χ1v) is 5.10. The van der Waals surface area contributed by atoms with Gasteiger partial charge in [0.05, 0.1) is 5.56 Å². The third-order valence-electron chi connectivity index (χ3n) is 2.41. The molecule has 0 spiro atoms. The van der Waals surface area contributed by atoms with Crippen LogP contribution in [-0.4, -0.2) is 0 Å². The Morgan fingerprint density at radius 1 is 1.35 bits per heavy atom. The third kappa shape index (κ3) is 3.30. The number of halogens is 4. The van der Waals surface area contributed by atoms with Crippen LogP contribution in [0, 0.1) is 5.82 Å². The largest absolute Gasteiger partial charge is 0.416 e. The van der Waals surface area contributed by atoms with Crippen molar-refractivity contribution < 1.29 is 17.6 Å². The molecule has 0 unspecified atom stereocenters. The SMILES string of the molecule is C=CCC[C@@H](N)c1c(F)cccc1C(F)(F)F. The summed E-state index contributed by atoms with van der Waals surface area (Å²) in [4.78, 5) is 0. The quantitative estimate of drug-likeness (QED) is 0.635. The van der Waals surface area contributed by atoms with Crippen LogP contribution >= 0.6 is 0 Å². The van der Waals surface area contributed by atoms with E-state index in [4.69, 9.17) is 5.73 Å². The molecule has 1 aromatic carbocycles. The van der Waals surface area contributed by atoms with Crippen LogP contribution in [0.2, 0.25) is 0 Å². The van der Waals surface area contributed by atoms with E-state index >= 15 is 0 Å². The molecule has 0 radical (unpaired) electrons. The molecule has 1 atom stereocenters. The molecular weight excluding hydrogens is 234 g/mol. The Morgan fingerprint density at radius 2 is 2.00 bits per heavy atom. The van der Waals surface area contributed by atoms with Crippen molar-refractivity contribution in [1.82, 2.24) is 0 Å². The summed E-state index contributed by atoms with van der Waals surface area (Å²) in [7, 11) is 0. The van der Waals surface area contributed by atoms with Gasteiger partial charge in [-0.25, -0.2) is 4.39 Å². The Balaban J connectivity index is 3.16. The van der Waals surface area contributed by atoms with E-state index in [1.54, 1.807) is 0 Å². The molecular formula is C12H13F4N. The Bertz CT molecular complexity index is 398. The molecule has 0 saturated carbocycles. The maximum absolute atomic E-state index is 13.5. The number of hydrogen-bond acceptors (Lipinski definition) is 1. The zero-order valence-electron chi connectivity index (χ0n) is 9.10. The van der Waals surface area contributed by atoms with Crippen molar-refractivity contribution in [2.75, 3.05) is 0 Å². The minimum Gasteiger partial charge on any atom is -0.324 e. The second-order valence-corrected chi connectivity index (χ2v) is 3.67. The number of allylic oxidation sites excluding steroid dienone is 1. The van der Waals surface area contributed by atoms with Gasteiger partial charge in [-0.1, -0.05) is 12.1 Å². The van der Waals surface area contributed by atoms with Crippen molar-refractivity contribution in [2.24, 2.45) is 5.73 Å². The van der Waals surface area contributed by atoms with E-state index in [0.29, 0.717) is 6.42 Å². The van der Waals surface area contributed by atoms with Crippen molar-refractivity contribution in [1.29, 1.82) is 0 Å². The summed E-state index contributed by atoms with van der Waals surface area (Å²) < 4.78 is 51.5. The highest BCUT2D eigenvalue weighted by Crippen LogP contribution is 2.36. The zero-order chi connectivity index (χ0) is 13.1. The molecule has 17 heavy (non-hydrogen) atoms.